The molecule has 0 atom stereocenters. The van der Waals surface area contributed by atoms with Gasteiger partial charge in [0.2, 0.25) is 0 Å². The Morgan fingerprint density at radius 3 is 2.59 bits per heavy atom. The van der Waals surface area contributed by atoms with Crippen LogP contribution in [0.3, 0.4) is 0 Å². The number of nitrogens with zero attached hydrogens (tertiary/aromatic N) is 1. The molecule has 2 aromatic rings. The minimum atomic E-state index is -0.290. The molecule has 5 heteroatoms. The van der Waals surface area contributed by atoms with Crippen molar-refractivity contribution in [3.8, 4) is 17.2 Å². The predicted molar refractivity (Wildman–Crippen MR) is 115 cm³/mol. The normalized spacial score (nSPS) is 14.9. The van der Waals surface area contributed by atoms with Crippen molar-refractivity contribution in [1.29, 1.82) is 0 Å². The first-order valence-corrected chi connectivity index (χ1v) is 10.0. The minimum absolute atomic E-state index is 0.0210. The van der Waals surface area contributed by atoms with Gasteiger partial charge >= 0.3 is 0 Å². The smallest absolute Gasteiger partial charge is 0.193 e. The number of aromatic hydroxyl groups is 1. The SMILES string of the molecule is COc1cccc(/C=C/C(=O)c2c(OC)cc(C)c(CN3CCCCC3)c2O)c1. The Hall–Kier alpha value is -2.79. The van der Waals surface area contributed by atoms with Crippen LogP contribution in [0.5, 0.6) is 17.2 Å². The summed E-state index contributed by atoms with van der Waals surface area (Å²) in [6.07, 6.45) is 6.78. The van der Waals surface area contributed by atoms with E-state index in [0.717, 1.165) is 35.5 Å². The number of ether oxygens (including phenoxy) is 2. The fourth-order valence-corrected chi connectivity index (χ4v) is 3.75. The molecule has 0 radical (unpaired) electrons. The minimum Gasteiger partial charge on any atom is -0.507 e. The first-order valence-electron chi connectivity index (χ1n) is 10.0. The number of hydrogen-bond donors (Lipinski definition) is 1. The third kappa shape index (κ3) is 4.98. The number of methoxy groups -OCH3 is 2. The molecule has 0 spiro atoms. The average Bonchev–Trinajstić information content (AvgIpc) is 2.75. The molecule has 0 bridgehead atoms. The lowest BCUT2D eigenvalue weighted by molar-refractivity contribution is 0.104. The zero-order valence-electron chi connectivity index (χ0n) is 17.4. The molecule has 0 saturated carbocycles. The number of hydrogen-bond acceptors (Lipinski definition) is 5. The van der Waals surface area contributed by atoms with Gasteiger partial charge in [-0.25, -0.2) is 0 Å². The number of phenols is 1. The highest BCUT2D eigenvalue weighted by Crippen LogP contribution is 2.36. The summed E-state index contributed by atoms with van der Waals surface area (Å²) in [6, 6.07) is 9.29. The van der Waals surface area contributed by atoms with Gasteiger partial charge in [-0.3, -0.25) is 9.69 Å². The molecule has 0 unspecified atom stereocenters. The van der Waals surface area contributed by atoms with E-state index in [9.17, 15) is 9.90 Å². The van der Waals surface area contributed by atoms with Crippen molar-refractivity contribution in [2.45, 2.75) is 32.7 Å². The summed E-state index contributed by atoms with van der Waals surface area (Å²) in [6.45, 7) is 4.62. The molecular formula is C24H29NO4. The highest BCUT2D eigenvalue weighted by molar-refractivity contribution is 6.10. The highest BCUT2D eigenvalue weighted by Gasteiger charge is 2.23. The van der Waals surface area contributed by atoms with Crippen LogP contribution >= 0.6 is 0 Å². The van der Waals surface area contributed by atoms with E-state index in [1.807, 2.05) is 37.3 Å². The van der Waals surface area contributed by atoms with Crippen molar-refractivity contribution in [3.05, 3.63) is 58.7 Å². The summed E-state index contributed by atoms with van der Waals surface area (Å²) in [5.41, 5.74) is 2.78. The monoisotopic (exact) mass is 395 g/mol. The van der Waals surface area contributed by atoms with Crippen molar-refractivity contribution >= 4 is 11.9 Å². The topological polar surface area (TPSA) is 59.0 Å². The summed E-state index contributed by atoms with van der Waals surface area (Å²) in [5, 5.41) is 11.0. The van der Waals surface area contributed by atoms with Gasteiger partial charge in [-0.15, -0.1) is 0 Å². The van der Waals surface area contributed by atoms with Gasteiger partial charge < -0.3 is 14.6 Å². The van der Waals surface area contributed by atoms with Gasteiger partial charge in [-0.05, 0) is 68.3 Å². The Morgan fingerprint density at radius 2 is 1.90 bits per heavy atom. The molecule has 1 aliphatic heterocycles. The summed E-state index contributed by atoms with van der Waals surface area (Å²) >= 11 is 0. The van der Waals surface area contributed by atoms with Crippen LogP contribution in [0.2, 0.25) is 0 Å². The second-order valence-corrected chi connectivity index (χ2v) is 7.41. The van der Waals surface area contributed by atoms with Crippen molar-refractivity contribution in [3.63, 3.8) is 0 Å². The summed E-state index contributed by atoms with van der Waals surface area (Å²) < 4.78 is 10.6. The van der Waals surface area contributed by atoms with Gasteiger partial charge in [0, 0.05) is 12.1 Å². The summed E-state index contributed by atoms with van der Waals surface area (Å²) in [5.74, 6) is 0.844. The molecule has 29 heavy (non-hydrogen) atoms. The highest BCUT2D eigenvalue weighted by atomic mass is 16.5. The molecule has 5 nitrogen and oxygen atoms in total. The second-order valence-electron chi connectivity index (χ2n) is 7.41. The largest absolute Gasteiger partial charge is 0.507 e. The average molecular weight is 395 g/mol. The van der Waals surface area contributed by atoms with Crippen LogP contribution in [0.1, 0.15) is 46.3 Å². The number of aryl methyl sites for hydroxylation is 1. The van der Waals surface area contributed by atoms with E-state index in [4.69, 9.17) is 9.47 Å². The van der Waals surface area contributed by atoms with Crippen molar-refractivity contribution in [2.75, 3.05) is 27.3 Å². The predicted octanol–water partition coefficient (Wildman–Crippen LogP) is 4.60. The number of ketones is 1. The number of carbonyl (C=O) groups excluding carboxylic acids is 1. The molecule has 154 valence electrons. The fourth-order valence-electron chi connectivity index (χ4n) is 3.75. The Labute approximate surface area is 172 Å². The maximum atomic E-state index is 13.0. The van der Waals surface area contributed by atoms with Crippen molar-refractivity contribution in [2.24, 2.45) is 0 Å². The molecule has 1 fully saturated rings. The third-order valence-corrected chi connectivity index (χ3v) is 5.41. The number of rotatable bonds is 7. The lowest BCUT2D eigenvalue weighted by Gasteiger charge is -2.28. The Morgan fingerprint density at radius 1 is 1.14 bits per heavy atom. The molecule has 2 aromatic carbocycles. The number of carbonyl (C=O) groups is 1. The van der Waals surface area contributed by atoms with Crippen LogP contribution in [0.15, 0.2) is 36.4 Å². The summed E-state index contributed by atoms with van der Waals surface area (Å²) in [7, 11) is 3.12. The van der Waals surface area contributed by atoms with Gasteiger partial charge in [-0.2, -0.15) is 0 Å². The van der Waals surface area contributed by atoms with Crippen LogP contribution in [0.4, 0.5) is 0 Å². The zero-order valence-corrected chi connectivity index (χ0v) is 17.4. The number of allylic oxidation sites excluding steroid dienone is 1. The summed E-state index contributed by atoms with van der Waals surface area (Å²) in [4.78, 5) is 15.3. The maximum absolute atomic E-state index is 13.0. The Bertz CT molecular complexity index is 898. The third-order valence-electron chi connectivity index (χ3n) is 5.41. The standard InChI is InChI=1S/C24H29NO4/c1-17-14-22(29-3)23(24(27)20(17)16-25-12-5-4-6-13-25)21(26)11-10-18-8-7-9-19(15-18)28-2/h7-11,14-15,27H,4-6,12-13,16H2,1-3H3/b11-10+. The van der Waals surface area contributed by atoms with E-state index in [1.54, 1.807) is 13.2 Å². The molecule has 1 N–H and O–H groups in total. The van der Waals surface area contributed by atoms with Gasteiger partial charge in [-0.1, -0.05) is 24.6 Å². The van der Waals surface area contributed by atoms with Gasteiger partial charge in [0.05, 0.1) is 14.2 Å². The number of piperidine rings is 1. The number of likely N-dealkylation sites (tertiary alicyclic amines) is 1. The van der Waals surface area contributed by atoms with Gasteiger partial charge in [0.1, 0.15) is 22.8 Å². The molecule has 0 aliphatic carbocycles. The maximum Gasteiger partial charge on any atom is 0.193 e. The Balaban J connectivity index is 1.90. The van der Waals surface area contributed by atoms with E-state index in [2.05, 4.69) is 4.90 Å². The van der Waals surface area contributed by atoms with Gasteiger partial charge in [0.15, 0.2) is 5.78 Å². The lowest BCUT2D eigenvalue weighted by Crippen LogP contribution is -2.29. The van der Waals surface area contributed by atoms with E-state index >= 15 is 0 Å². The number of phenolic OH excluding ortho intramolecular Hbond substituents is 1. The fraction of sp³-hybridized carbons (Fsp3) is 0.375. The molecular weight excluding hydrogens is 366 g/mol. The van der Waals surface area contributed by atoms with Crippen LogP contribution in [-0.4, -0.2) is 43.1 Å². The van der Waals surface area contributed by atoms with Crippen LogP contribution in [0, 0.1) is 6.92 Å². The van der Waals surface area contributed by atoms with E-state index in [-0.39, 0.29) is 17.1 Å². The Kier molecular flexibility index (Phi) is 6.94. The first-order chi connectivity index (χ1) is 14.0. The first kappa shape index (κ1) is 20.9. The molecule has 1 saturated heterocycles. The van der Waals surface area contributed by atoms with Gasteiger partial charge in [0.25, 0.3) is 0 Å². The number of benzene rings is 2. The van der Waals surface area contributed by atoms with Crippen molar-refractivity contribution in [1.82, 2.24) is 4.90 Å². The molecule has 0 aromatic heterocycles. The van der Waals surface area contributed by atoms with Crippen LogP contribution in [0.25, 0.3) is 6.08 Å². The lowest BCUT2D eigenvalue weighted by atomic mass is 9.97. The molecule has 3 rings (SSSR count). The van der Waals surface area contributed by atoms with E-state index < -0.39 is 0 Å². The zero-order chi connectivity index (χ0) is 20.8. The molecule has 1 aliphatic rings. The van der Waals surface area contributed by atoms with E-state index in [0.29, 0.717) is 12.3 Å². The molecule has 1 heterocycles. The van der Waals surface area contributed by atoms with Crippen LogP contribution < -0.4 is 9.47 Å². The quantitative estimate of drug-likeness (QED) is 0.548. The van der Waals surface area contributed by atoms with Crippen LogP contribution in [-0.2, 0) is 6.54 Å². The second kappa shape index (κ2) is 9.61. The molecule has 0 amide bonds. The van der Waals surface area contributed by atoms with E-state index in [1.165, 1.54) is 32.4 Å². The van der Waals surface area contributed by atoms with Crippen molar-refractivity contribution < 1.29 is 19.4 Å².